The van der Waals surface area contributed by atoms with Crippen molar-refractivity contribution in [2.24, 2.45) is 5.10 Å². The Hall–Kier alpha value is -2.45. The molecule has 0 unspecified atom stereocenters. The first-order chi connectivity index (χ1) is 10.1. The van der Waals surface area contributed by atoms with Gasteiger partial charge in [-0.05, 0) is 43.3 Å². The van der Waals surface area contributed by atoms with Gasteiger partial charge in [0.25, 0.3) is 0 Å². The second-order valence-electron chi connectivity index (χ2n) is 4.39. The number of hydrazone groups is 1. The van der Waals surface area contributed by atoms with Crippen molar-refractivity contribution in [1.29, 1.82) is 5.26 Å². The molecule has 2 rings (SSSR count). The zero-order valence-corrected chi connectivity index (χ0v) is 12.9. The van der Waals surface area contributed by atoms with Gasteiger partial charge >= 0.3 is 0 Å². The summed E-state index contributed by atoms with van der Waals surface area (Å²) in [6, 6.07) is 16.1. The Balaban J connectivity index is 2.17. The molecule has 0 aliphatic rings. The number of Topliss-reactive ketones (excluding diaryl/α,β-unsaturated/α-hetero) is 1. The van der Waals surface area contributed by atoms with E-state index in [9.17, 15) is 4.79 Å². The normalized spacial score (nSPS) is 10.8. The zero-order chi connectivity index (χ0) is 15.2. The molecule has 1 N–H and O–H groups in total. The number of aryl methyl sites for hydroxylation is 1. The largest absolute Gasteiger partial charge is 0.286 e. The highest BCUT2D eigenvalue weighted by Crippen LogP contribution is 2.12. The van der Waals surface area contributed by atoms with Crippen molar-refractivity contribution in [2.45, 2.75) is 6.92 Å². The molecule has 0 aliphatic heterocycles. The topological polar surface area (TPSA) is 65.2 Å². The lowest BCUT2D eigenvalue weighted by Gasteiger charge is -2.02. The van der Waals surface area contributed by atoms with Gasteiger partial charge in [0.15, 0.2) is 0 Å². The summed E-state index contributed by atoms with van der Waals surface area (Å²) in [7, 11) is 0. The summed E-state index contributed by atoms with van der Waals surface area (Å²) in [5.74, 6) is -0.412. The van der Waals surface area contributed by atoms with E-state index in [0.29, 0.717) is 5.56 Å². The number of nitrogens with one attached hydrogen (secondary N) is 1. The van der Waals surface area contributed by atoms with Crippen LogP contribution in [0.2, 0.25) is 0 Å². The summed E-state index contributed by atoms with van der Waals surface area (Å²) >= 11 is 3.30. The highest BCUT2D eigenvalue weighted by molar-refractivity contribution is 9.10. The molecule has 0 radical (unpaired) electrons. The van der Waals surface area contributed by atoms with Crippen molar-refractivity contribution in [3.63, 3.8) is 0 Å². The second kappa shape index (κ2) is 6.82. The van der Waals surface area contributed by atoms with E-state index in [2.05, 4.69) is 26.5 Å². The number of ketones is 1. The third-order valence-electron chi connectivity index (χ3n) is 2.78. The van der Waals surface area contributed by atoms with Crippen molar-refractivity contribution in [3.05, 3.63) is 64.1 Å². The van der Waals surface area contributed by atoms with Gasteiger partial charge in [-0.25, -0.2) is 0 Å². The third kappa shape index (κ3) is 4.01. The fourth-order valence-electron chi connectivity index (χ4n) is 1.61. The van der Waals surface area contributed by atoms with E-state index < -0.39 is 5.78 Å². The first kappa shape index (κ1) is 14.9. The predicted molar refractivity (Wildman–Crippen MR) is 86.3 cm³/mol. The summed E-state index contributed by atoms with van der Waals surface area (Å²) in [5, 5.41) is 13.0. The fraction of sp³-hybridized carbons (Fsp3) is 0.0625. The fourth-order valence-corrected chi connectivity index (χ4v) is 1.88. The molecule has 4 nitrogen and oxygen atoms in total. The van der Waals surface area contributed by atoms with E-state index in [1.807, 2.05) is 37.3 Å². The number of carbonyl (C=O) groups excluding carboxylic acids is 1. The van der Waals surface area contributed by atoms with Gasteiger partial charge in [-0.15, -0.1) is 0 Å². The Morgan fingerprint density at radius 2 is 1.76 bits per heavy atom. The van der Waals surface area contributed by atoms with Gasteiger partial charge in [-0.3, -0.25) is 10.2 Å². The molecular weight excluding hydrogens is 330 g/mol. The van der Waals surface area contributed by atoms with E-state index in [1.54, 1.807) is 24.3 Å². The van der Waals surface area contributed by atoms with Crippen LogP contribution in [0.5, 0.6) is 0 Å². The van der Waals surface area contributed by atoms with Crippen LogP contribution in [0.1, 0.15) is 15.9 Å². The number of carbonyl (C=O) groups is 1. The molecule has 104 valence electrons. The number of nitriles is 1. The lowest BCUT2D eigenvalue weighted by atomic mass is 10.1. The van der Waals surface area contributed by atoms with Crippen LogP contribution in [-0.4, -0.2) is 11.5 Å². The van der Waals surface area contributed by atoms with Gasteiger partial charge in [0, 0.05) is 10.0 Å². The van der Waals surface area contributed by atoms with Gasteiger partial charge in [-0.1, -0.05) is 33.6 Å². The summed E-state index contributed by atoms with van der Waals surface area (Å²) in [4.78, 5) is 12.2. The van der Waals surface area contributed by atoms with Crippen molar-refractivity contribution < 1.29 is 4.79 Å². The molecule has 21 heavy (non-hydrogen) atoms. The molecule has 0 spiro atoms. The van der Waals surface area contributed by atoms with Crippen LogP contribution in [0.25, 0.3) is 0 Å². The predicted octanol–water partition coefficient (Wildman–Crippen LogP) is 3.93. The first-order valence-corrected chi connectivity index (χ1v) is 7.00. The standard InChI is InChI=1S/C16H12BrN3O/c1-11-2-8-14(9-3-11)19-20-15(10-18)16(21)12-4-6-13(17)7-5-12/h2-9,19H,1H3. The van der Waals surface area contributed by atoms with Crippen molar-refractivity contribution in [3.8, 4) is 6.07 Å². The molecular formula is C16H12BrN3O. The molecule has 0 aromatic heterocycles. The Morgan fingerprint density at radius 1 is 1.14 bits per heavy atom. The summed E-state index contributed by atoms with van der Waals surface area (Å²) in [6.07, 6.45) is 0. The monoisotopic (exact) mass is 341 g/mol. The van der Waals surface area contributed by atoms with E-state index in [1.165, 1.54) is 0 Å². The Bertz CT molecular complexity index is 713. The summed E-state index contributed by atoms with van der Waals surface area (Å²) < 4.78 is 0.868. The molecule has 0 saturated heterocycles. The highest BCUT2D eigenvalue weighted by Gasteiger charge is 2.13. The molecule has 5 heteroatoms. The maximum Gasteiger partial charge on any atom is 0.223 e. The van der Waals surface area contributed by atoms with Crippen LogP contribution in [0.15, 0.2) is 58.1 Å². The number of hydrogen-bond donors (Lipinski definition) is 1. The second-order valence-corrected chi connectivity index (χ2v) is 5.30. The SMILES string of the molecule is Cc1ccc(NN=C(C#N)C(=O)c2ccc(Br)cc2)cc1. The van der Waals surface area contributed by atoms with Gasteiger partial charge in [0.05, 0.1) is 5.69 Å². The quantitative estimate of drug-likeness (QED) is 0.520. The maximum atomic E-state index is 12.2. The highest BCUT2D eigenvalue weighted by atomic mass is 79.9. The van der Waals surface area contributed by atoms with Crippen LogP contribution < -0.4 is 5.43 Å². The van der Waals surface area contributed by atoms with Crippen molar-refractivity contribution in [1.82, 2.24) is 0 Å². The van der Waals surface area contributed by atoms with Gasteiger partial charge in [0.1, 0.15) is 6.07 Å². The van der Waals surface area contributed by atoms with Crippen LogP contribution in [0.3, 0.4) is 0 Å². The molecule has 2 aromatic carbocycles. The minimum atomic E-state index is -0.412. The molecule has 0 heterocycles. The molecule has 0 aliphatic carbocycles. The van der Waals surface area contributed by atoms with Crippen LogP contribution in [0.4, 0.5) is 5.69 Å². The lowest BCUT2D eigenvalue weighted by molar-refractivity contribution is 0.106. The number of halogens is 1. The van der Waals surface area contributed by atoms with E-state index in [-0.39, 0.29) is 5.71 Å². The summed E-state index contributed by atoms with van der Waals surface area (Å²) in [5.41, 5.74) is 4.80. The molecule has 0 saturated carbocycles. The molecule has 2 aromatic rings. The van der Waals surface area contributed by atoms with Gasteiger partial charge in [0.2, 0.25) is 11.5 Å². The van der Waals surface area contributed by atoms with Crippen LogP contribution >= 0.6 is 15.9 Å². The van der Waals surface area contributed by atoms with Gasteiger partial charge < -0.3 is 0 Å². The van der Waals surface area contributed by atoms with Gasteiger partial charge in [-0.2, -0.15) is 10.4 Å². The average Bonchev–Trinajstić information content (AvgIpc) is 2.50. The lowest BCUT2D eigenvalue weighted by Crippen LogP contribution is -2.14. The van der Waals surface area contributed by atoms with Crippen molar-refractivity contribution >= 4 is 33.1 Å². The molecule has 0 bridgehead atoms. The van der Waals surface area contributed by atoms with Crippen LogP contribution in [-0.2, 0) is 0 Å². The minimum Gasteiger partial charge on any atom is -0.286 e. The number of nitrogens with zero attached hydrogens (tertiary/aromatic N) is 2. The Kier molecular flexibility index (Phi) is 4.85. The van der Waals surface area contributed by atoms with Crippen molar-refractivity contribution in [2.75, 3.05) is 5.43 Å². The third-order valence-corrected chi connectivity index (χ3v) is 3.30. The first-order valence-electron chi connectivity index (χ1n) is 6.21. The molecule has 0 fully saturated rings. The number of benzene rings is 2. The number of anilines is 1. The zero-order valence-electron chi connectivity index (χ0n) is 11.3. The molecule has 0 amide bonds. The average molecular weight is 342 g/mol. The Morgan fingerprint density at radius 3 is 2.33 bits per heavy atom. The number of rotatable bonds is 4. The Labute approximate surface area is 131 Å². The maximum absolute atomic E-state index is 12.2. The molecule has 0 atom stereocenters. The minimum absolute atomic E-state index is 0.183. The summed E-state index contributed by atoms with van der Waals surface area (Å²) in [6.45, 7) is 1.98. The van der Waals surface area contributed by atoms with E-state index in [0.717, 1.165) is 15.7 Å². The van der Waals surface area contributed by atoms with E-state index >= 15 is 0 Å². The number of hydrogen-bond acceptors (Lipinski definition) is 4. The van der Waals surface area contributed by atoms with E-state index in [4.69, 9.17) is 5.26 Å². The smallest absolute Gasteiger partial charge is 0.223 e. The van der Waals surface area contributed by atoms with Crippen LogP contribution in [0, 0.1) is 18.3 Å².